The molecule has 2 aromatic heterocycles. The molecule has 4 amide bonds. The first-order valence-electron chi connectivity index (χ1n) is 11.3. The van der Waals surface area contributed by atoms with Gasteiger partial charge in [-0.2, -0.15) is 0 Å². The minimum absolute atomic E-state index is 0.143. The number of nitrogens with zero attached hydrogens (tertiary/aromatic N) is 3. The number of hydrogen-bond acceptors (Lipinski definition) is 9. The van der Waals surface area contributed by atoms with Crippen LogP contribution in [0.15, 0.2) is 47.4 Å². The molecular formula is C25H21N7O6. The van der Waals surface area contributed by atoms with E-state index in [1.165, 1.54) is 31.4 Å². The highest BCUT2D eigenvalue weighted by Gasteiger charge is 2.48. The minimum atomic E-state index is -1.73. The van der Waals surface area contributed by atoms with Gasteiger partial charge in [0.25, 0.3) is 17.4 Å². The number of aromatic nitrogens is 3. The van der Waals surface area contributed by atoms with Gasteiger partial charge in [-0.1, -0.05) is 12.0 Å². The molecule has 1 fully saturated rings. The number of carbonyl (C=O) groups excluding carboxylic acids is 3. The van der Waals surface area contributed by atoms with E-state index in [0.29, 0.717) is 17.1 Å². The number of fused-ring (bicyclic) bond motifs is 1. The topological polar surface area (TPSA) is 168 Å². The number of H-pyrrole nitrogens is 1. The highest BCUT2D eigenvalue weighted by Crippen LogP contribution is 2.28. The van der Waals surface area contributed by atoms with E-state index in [1.54, 1.807) is 30.3 Å². The molecule has 192 valence electrons. The van der Waals surface area contributed by atoms with Gasteiger partial charge in [-0.25, -0.2) is 14.8 Å². The summed E-state index contributed by atoms with van der Waals surface area (Å²) in [7, 11) is 2.93. The monoisotopic (exact) mass is 515 g/mol. The Morgan fingerprint density at radius 2 is 1.95 bits per heavy atom. The quantitative estimate of drug-likeness (QED) is 0.270. The van der Waals surface area contributed by atoms with Gasteiger partial charge < -0.3 is 25.0 Å². The third-order valence-electron chi connectivity index (χ3n) is 5.96. The van der Waals surface area contributed by atoms with E-state index in [2.05, 4.69) is 42.7 Å². The standard InChI is InChI=1S/C25H21N7O6/c1-37-15-4-3-14-12-32(21(34)16(14)11-15)13-25(22(35)30-24(36)31-25)9-7-17-18(38-2)5-6-19(27-17)28-23-26-10-8-20(33)29-23/h3-6,8,10-11H,12-13H2,1-2H3,(H2,30,31,35,36)(H2,26,27,28,29,33). The van der Waals surface area contributed by atoms with Crippen molar-refractivity contribution in [3.63, 3.8) is 0 Å². The molecular weight excluding hydrogens is 494 g/mol. The lowest BCUT2D eigenvalue weighted by Crippen LogP contribution is -2.54. The Balaban J connectivity index is 1.46. The second-order valence-electron chi connectivity index (χ2n) is 8.40. The lowest BCUT2D eigenvalue weighted by molar-refractivity contribution is -0.122. The maximum Gasteiger partial charge on any atom is 0.323 e. The number of methoxy groups -OCH3 is 2. The maximum absolute atomic E-state index is 13.1. The number of nitrogens with one attached hydrogen (secondary N) is 4. The highest BCUT2D eigenvalue weighted by atomic mass is 16.5. The van der Waals surface area contributed by atoms with Gasteiger partial charge in [0, 0.05) is 24.4 Å². The van der Waals surface area contributed by atoms with Crippen molar-refractivity contribution in [3.05, 3.63) is 69.8 Å². The fraction of sp³-hybridized carbons (Fsp3) is 0.200. The third kappa shape index (κ3) is 4.58. The minimum Gasteiger partial charge on any atom is -0.497 e. The molecule has 13 nitrogen and oxygen atoms in total. The van der Waals surface area contributed by atoms with Crippen molar-refractivity contribution in [2.24, 2.45) is 0 Å². The van der Waals surface area contributed by atoms with E-state index in [-0.39, 0.29) is 42.0 Å². The van der Waals surface area contributed by atoms with Crippen LogP contribution in [0, 0.1) is 11.8 Å². The zero-order valence-electron chi connectivity index (χ0n) is 20.2. The van der Waals surface area contributed by atoms with Gasteiger partial charge in [-0.15, -0.1) is 0 Å². The molecule has 0 radical (unpaired) electrons. The van der Waals surface area contributed by atoms with Crippen LogP contribution in [-0.4, -0.2) is 64.0 Å². The second kappa shape index (κ2) is 9.58. The summed E-state index contributed by atoms with van der Waals surface area (Å²) in [6.45, 7) is 0.0246. The van der Waals surface area contributed by atoms with E-state index < -0.39 is 17.5 Å². The van der Waals surface area contributed by atoms with E-state index in [4.69, 9.17) is 9.47 Å². The Labute approximate surface area is 215 Å². The summed E-state index contributed by atoms with van der Waals surface area (Å²) in [6, 6.07) is 8.87. The Kier molecular flexibility index (Phi) is 6.13. The molecule has 4 heterocycles. The van der Waals surface area contributed by atoms with Crippen LogP contribution in [0.1, 0.15) is 21.6 Å². The molecule has 1 saturated heterocycles. The Morgan fingerprint density at radius 3 is 2.66 bits per heavy atom. The van der Waals surface area contributed by atoms with Crippen LogP contribution in [0.4, 0.5) is 16.6 Å². The summed E-state index contributed by atoms with van der Waals surface area (Å²) in [4.78, 5) is 62.1. The van der Waals surface area contributed by atoms with E-state index >= 15 is 0 Å². The number of pyridine rings is 1. The predicted molar refractivity (Wildman–Crippen MR) is 133 cm³/mol. The first kappa shape index (κ1) is 24.3. The van der Waals surface area contributed by atoms with Crippen LogP contribution in [-0.2, 0) is 11.3 Å². The summed E-state index contributed by atoms with van der Waals surface area (Å²) in [5.41, 5.74) is -0.727. The van der Waals surface area contributed by atoms with Crippen LogP contribution < -0.4 is 31.0 Å². The van der Waals surface area contributed by atoms with Crippen LogP contribution in [0.3, 0.4) is 0 Å². The smallest absolute Gasteiger partial charge is 0.323 e. The molecule has 0 bridgehead atoms. The lowest BCUT2D eigenvalue weighted by Gasteiger charge is -2.26. The average molecular weight is 515 g/mol. The Bertz CT molecular complexity index is 1590. The molecule has 38 heavy (non-hydrogen) atoms. The van der Waals surface area contributed by atoms with Crippen molar-refractivity contribution in [1.29, 1.82) is 0 Å². The first-order valence-corrected chi connectivity index (χ1v) is 11.3. The summed E-state index contributed by atoms with van der Waals surface area (Å²) < 4.78 is 10.6. The average Bonchev–Trinajstić information content (AvgIpc) is 3.36. The molecule has 4 N–H and O–H groups in total. The van der Waals surface area contributed by atoms with E-state index in [9.17, 15) is 19.2 Å². The van der Waals surface area contributed by atoms with Gasteiger partial charge in [-0.05, 0) is 35.7 Å². The van der Waals surface area contributed by atoms with Crippen molar-refractivity contribution in [1.82, 2.24) is 30.5 Å². The predicted octanol–water partition coefficient (Wildman–Crippen LogP) is 0.511. The lowest BCUT2D eigenvalue weighted by atomic mass is 9.99. The number of hydrogen-bond donors (Lipinski definition) is 4. The van der Waals surface area contributed by atoms with Crippen molar-refractivity contribution < 1.29 is 23.9 Å². The van der Waals surface area contributed by atoms with Gasteiger partial charge in [0.2, 0.25) is 11.5 Å². The van der Waals surface area contributed by atoms with Gasteiger partial charge >= 0.3 is 6.03 Å². The number of benzene rings is 1. The number of imide groups is 1. The third-order valence-corrected chi connectivity index (χ3v) is 5.96. The number of amides is 4. The molecule has 0 spiro atoms. The second-order valence-corrected chi connectivity index (χ2v) is 8.40. The summed E-state index contributed by atoms with van der Waals surface area (Å²) >= 11 is 0. The molecule has 2 aliphatic heterocycles. The highest BCUT2D eigenvalue weighted by molar-refractivity contribution is 6.10. The van der Waals surface area contributed by atoms with Crippen molar-refractivity contribution in [2.75, 3.05) is 26.1 Å². The van der Waals surface area contributed by atoms with Gasteiger partial charge in [0.15, 0.2) is 11.4 Å². The van der Waals surface area contributed by atoms with Gasteiger partial charge in [0.1, 0.15) is 11.6 Å². The van der Waals surface area contributed by atoms with Crippen molar-refractivity contribution in [3.8, 4) is 23.3 Å². The summed E-state index contributed by atoms with van der Waals surface area (Å²) in [5.74, 6) is 5.88. The molecule has 1 aromatic carbocycles. The molecule has 3 aromatic rings. The summed E-state index contributed by atoms with van der Waals surface area (Å²) in [5, 5.41) is 7.61. The molecule has 1 atom stereocenters. The number of ether oxygens (including phenoxy) is 2. The van der Waals surface area contributed by atoms with Crippen molar-refractivity contribution >= 4 is 29.6 Å². The number of rotatable bonds is 6. The summed E-state index contributed by atoms with van der Waals surface area (Å²) in [6.07, 6.45) is 1.34. The molecule has 2 aliphatic rings. The van der Waals surface area contributed by atoms with E-state index in [0.717, 1.165) is 5.56 Å². The van der Waals surface area contributed by atoms with Crippen LogP contribution in [0.5, 0.6) is 11.5 Å². The fourth-order valence-electron chi connectivity index (χ4n) is 4.10. The zero-order valence-corrected chi connectivity index (χ0v) is 20.2. The molecule has 1 unspecified atom stereocenters. The molecule has 0 saturated carbocycles. The number of carbonyl (C=O) groups is 3. The number of anilines is 2. The fourth-order valence-corrected chi connectivity index (χ4v) is 4.10. The van der Waals surface area contributed by atoms with Crippen LogP contribution in [0.25, 0.3) is 0 Å². The molecule has 13 heteroatoms. The van der Waals surface area contributed by atoms with Crippen LogP contribution in [0.2, 0.25) is 0 Å². The van der Waals surface area contributed by atoms with Crippen LogP contribution >= 0.6 is 0 Å². The number of urea groups is 1. The Hall–Kier alpha value is -5.38. The van der Waals surface area contributed by atoms with Gasteiger partial charge in [-0.3, -0.25) is 24.7 Å². The SMILES string of the molecule is COc1ccc2c(c1)C(=O)N(CC1(C#Cc3nc(Nc4nccc(=O)[nH]4)ccc3OC)NC(=O)NC1=O)C2. The molecule has 0 aliphatic carbocycles. The number of aromatic amines is 1. The van der Waals surface area contributed by atoms with E-state index in [1.807, 2.05) is 0 Å². The largest absolute Gasteiger partial charge is 0.497 e. The van der Waals surface area contributed by atoms with Crippen molar-refractivity contribution in [2.45, 2.75) is 12.1 Å². The maximum atomic E-state index is 13.1. The Morgan fingerprint density at radius 1 is 1.11 bits per heavy atom. The van der Waals surface area contributed by atoms with Gasteiger partial charge in [0.05, 0.1) is 20.8 Å². The normalized spacial score (nSPS) is 17.7. The zero-order chi connectivity index (χ0) is 26.9. The molecule has 5 rings (SSSR count). The first-order chi connectivity index (χ1) is 18.3.